The summed E-state index contributed by atoms with van der Waals surface area (Å²) in [4.78, 5) is 20.9. The SMILES string of the molecule is Cc1nn(-c2ncc(NC(=O)c3ccccc3Br)cn2)c(C)c1C. The van der Waals surface area contributed by atoms with Crippen molar-refractivity contribution in [3.8, 4) is 5.95 Å². The number of nitrogens with one attached hydrogen (secondary N) is 1. The summed E-state index contributed by atoms with van der Waals surface area (Å²) in [6, 6.07) is 7.23. The Morgan fingerprint density at radius 1 is 1.12 bits per heavy atom. The fourth-order valence-electron chi connectivity index (χ4n) is 2.25. The molecule has 3 aromatic rings. The first kappa shape index (κ1) is 16.3. The zero-order valence-corrected chi connectivity index (χ0v) is 15.1. The zero-order valence-electron chi connectivity index (χ0n) is 13.5. The average Bonchev–Trinajstić information content (AvgIpc) is 2.83. The highest BCUT2D eigenvalue weighted by atomic mass is 79.9. The Hall–Kier alpha value is -2.54. The predicted molar refractivity (Wildman–Crippen MR) is 95.5 cm³/mol. The number of rotatable bonds is 3. The summed E-state index contributed by atoms with van der Waals surface area (Å²) in [5, 5.41) is 7.21. The van der Waals surface area contributed by atoms with Gasteiger partial charge in [-0.3, -0.25) is 4.79 Å². The number of nitrogens with zero attached hydrogens (tertiary/aromatic N) is 4. The monoisotopic (exact) mass is 385 g/mol. The predicted octanol–water partition coefficient (Wildman–Crippen LogP) is 3.60. The Labute approximate surface area is 148 Å². The second-order valence-electron chi connectivity index (χ2n) is 5.41. The smallest absolute Gasteiger partial charge is 0.256 e. The number of hydrogen-bond donors (Lipinski definition) is 1. The van der Waals surface area contributed by atoms with Crippen LogP contribution in [0, 0.1) is 20.8 Å². The molecule has 0 aliphatic carbocycles. The van der Waals surface area contributed by atoms with E-state index in [-0.39, 0.29) is 5.91 Å². The van der Waals surface area contributed by atoms with Gasteiger partial charge in [-0.05, 0) is 54.4 Å². The molecule has 2 aromatic heterocycles. The number of carbonyl (C=O) groups excluding carboxylic acids is 1. The molecule has 24 heavy (non-hydrogen) atoms. The molecule has 2 heterocycles. The Morgan fingerprint density at radius 3 is 2.38 bits per heavy atom. The highest BCUT2D eigenvalue weighted by Gasteiger charge is 2.12. The largest absolute Gasteiger partial charge is 0.319 e. The minimum absolute atomic E-state index is 0.221. The Kier molecular flexibility index (Phi) is 4.44. The molecular weight excluding hydrogens is 370 g/mol. The van der Waals surface area contributed by atoms with Crippen molar-refractivity contribution in [1.82, 2.24) is 19.7 Å². The number of amides is 1. The van der Waals surface area contributed by atoms with Crippen LogP contribution in [0.4, 0.5) is 5.69 Å². The molecule has 1 N–H and O–H groups in total. The number of carbonyl (C=O) groups is 1. The highest BCUT2D eigenvalue weighted by Crippen LogP contribution is 2.18. The van der Waals surface area contributed by atoms with E-state index >= 15 is 0 Å². The summed E-state index contributed by atoms with van der Waals surface area (Å²) < 4.78 is 2.43. The van der Waals surface area contributed by atoms with Gasteiger partial charge in [-0.15, -0.1) is 0 Å². The molecule has 0 aliphatic heterocycles. The highest BCUT2D eigenvalue weighted by molar-refractivity contribution is 9.10. The van der Waals surface area contributed by atoms with Gasteiger partial charge in [0.15, 0.2) is 0 Å². The number of aromatic nitrogens is 4. The number of hydrogen-bond acceptors (Lipinski definition) is 4. The van der Waals surface area contributed by atoms with Crippen molar-refractivity contribution < 1.29 is 4.79 Å². The third kappa shape index (κ3) is 3.07. The van der Waals surface area contributed by atoms with Crippen molar-refractivity contribution in [3.63, 3.8) is 0 Å². The van der Waals surface area contributed by atoms with E-state index in [1.807, 2.05) is 39.0 Å². The summed E-state index contributed by atoms with van der Waals surface area (Å²) >= 11 is 3.37. The first-order chi connectivity index (χ1) is 11.5. The van der Waals surface area contributed by atoms with Gasteiger partial charge in [-0.1, -0.05) is 12.1 Å². The lowest BCUT2D eigenvalue weighted by Crippen LogP contribution is -2.13. The summed E-state index contributed by atoms with van der Waals surface area (Å²) in [6.45, 7) is 5.94. The summed E-state index contributed by atoms with van der Waals surface area (Å²) in [5.41, 5.74) is 4.14. The molecule has 0 unspecified atom stereocenters. The van der Waals surface area contributed by atoms with Gasteiger partial charge in [0.25, 0.3) is 11.9 Å². The van der Waals surface area contributed by atoms with Gasteiger partial charge in [-0.2, -0.15) is 5.10 Å². The molecular formula is C17H16BrN5O. The molecule has 3 rings (SSSR count). The van der Waals surface area contributed by atoms with Crippen LogP contribution in [-0.2, 0) is 0 Å². The van der Waals surface area contributed by atoms with Crippen LogP contribution in [0.25, 0.3) is 5.95 Å². The van der Waals surface area contributed by atoms with Gasteiger partial charge in [0.2, 0.25) is 0 Å². The Bertz CT molecular complexity index is 902. The number of halogens is 1. The molecule has 0 radical (unpaired) electrons. The van der Waals surface area contributed by atoms with E-state index in [0.29, 0.717) is 17.2 Å². The third-order valence-electron chi connectivity index (χ3n) is 3.86. The summed E-state index contributed by atoms with van der Waals surface area (Å²) in [5.74, 6) is 0.253. The van der Waals surface area contributed by atoms with Gasteiger partial charge in [0.05, 0.1) is 29.3 Å². The third-order valence-corrected chi connectivity index (χ3v) is 4.55. The minimum Gasteiger partial charge on any atom is -0.319 e. The molecule has 6 nitrogen and oxygen atoms in total. The van der Waals surface area contributed by atoms with E-state index in [9.17, 15) is 4.79 Å². The number of anilines is 1. The summed E-state index contributed by atoms with van der Waals surface area (Å²) in [6.07, 6.45) is 3.14. The first-order valence-corrected chi connectivity index (χ1v) is 8.18. The maximum Gasteiger partial charge on any atom is 0.256 e. The van der Waals surface area contributed by atoms with Crippen LogP contribution >= 0.6 is 15.9 Å². The molecule has 122 valence electrons. The van der Waals surface area contributed by atoms with Crippen LogP contribution in [0.2, 0.25) is 0 Å². The standard InChI is InChI=1S/C17H16BrN5O/c1-10-11(2)22-23(12(10)3)17-19-8-13(9-20-17)21-16(24)14-6-4-5-7-15(14)18/h4-9H,1-3H3,(H,21,24). The van der Waals surface area contributed by atoms with Crippen LogP contribution in [0.3, 0.4) is 0 Å². The molecule has 0 spiro atoms. The van der Waals surface area contributed by atoms with Crippen molar-refractivity contribution in [2.24, 2.45) is 0 Å². The fourth-order valence-corrected chi connectivity index (χ4v) is 2.72. The van der Waals surface area contributed by atoms with Crippen LogP contribution in [0.1, 0.15) is 27.3 Å². The van der Waals surface area contributed by atoms with Gasteiger partial charge >= 0.3 is 0 Å². The normalized spacial score (nSPS) is 10.7. The maximum absolute atomic E-state index is 12.3. The van der Waals surface area contributed by atoms with E-state index in [1.54, 1.807) is 23.1 Å². The van der Waals surface area contributed by atoms with Gasteiger partial charge in [0.1, 0.15) is 0 Å². The second kappa shape index (κ2) is 6.52. The van der Waals surface area contributed by atoms with Crippen molar-refractivity contribution in [3.05, 3.63) is 63.6 Å². The number of aryl methyl sites for hydroxylation is 1. The average molecular weight is 386 g/mol. The maximum atomic E-state index is 12.3. The van der Waals surface area contributed by atoms with Crippen molar-refractivity contribution >= 4 is 27.5 Å². The topological polar surface area (TPSA) is 72.7 Å². The number of benzene rings is 1. The van der Waals surface area contributed by atoms with E-state index in [1.165, 1.54) is 0 Å². The van der Waals surface area contributed by atoms with E-state index < -0.39 is 0 Å². The molecule has 0 atom stereocenters. The lowest BCUT2D eigenvalue weighted by Gasteiger charge is -2.07. The van der Waals surface area contributed by atoms with Crippen molar-refractivity contribution in [2.75, 3.05) is 5.32 Å². The fraction of sp³-hybridized carbons (Fsp3) is 0.176. The Morgan fingerprint density at radius 2 is 1.79 bits per heavy atom. The van der Waals surface area contributed by atoms with Crippen LogP contribution < -0.4 is 5.32 Å². The molecule has 1 aromatic carbocycles. The second-order valence-corrected chi connectivity index (χ2v) is 6.27. The van der Waals surface area contributed by atoms with E-state index in [2.05, 4.69) is 36.3 Å². The molecule has 0 saturated carbocycles. The van der Waals surface area contributed by atoms with Crippen LogP contribution in [-0.4, -0.2) is 25.7 Å². The van der Waals surface area contributed by atoms with Crippen LogP contribution in [0.5, 0.6) is 0 Å². The molecule has 0 fully saturated rings. The minimum atomic E-state index is -0.221. The quantitative estimate of drug-likeness (QED) is 0.747. The Balaban J connectivity index is 1.81. The van der Waals surface area contributed by atoms with E-state index in [0.717, 1.165) is 21.4 Å². The van der Waals surface area contributed by atoms with Crippen molar-refractivity contribution in [1.29, 1.82) is 0 Å². The van der Waals surface area contributed by atoms with Crippen LogP contribution in [0.15, 0.2) is 41.1 Å². The van der Waals surface area contributed by atoms with Gasteiger partial charge < -0.3 is 5.32 Å². The summed E-state index contributed by atoms with van der Waals surface area (Å²) in [7, 11) is 0. The molecule has 0 bridgehead atoms. The zero-order chi connectivity index (χ0) is 17.3. The molecule has 0 saturated heterocycles. The lowest BCUT2D eigenvalue weighted by molar-refractivity contribution is 0.102. The van der Waals surface area contributed by atoms with E-state index in [4.69, 9.17) is 0 Å². The first-order valence-electron chi connectivity index (χ1n) is 7.38. The van der Waals surface area contributed by atoms with Gasteiger partial charge in [0, 0.05) is 10.2 Å². The molecule has 0 aliphatic rings. The lowest BCUT2D eigenvalue weighted by atomic mass is 10.2. The van der Waals surface area contributed by atoms with Gasteiger partial charge in [-0.25, -0.2) is 14.6 Å². The molecule has 1 amide bonds. The molecule has 7 heteroatoms. The van der Waals surface area contributed by atoms with Crippen molar-refractivity contribution in [2.45, 2.75) is 20.8 Å².